The van der Waals surface area contributed by atoms with E-state index in [1.165, 1.54) is 6.07 Å². The number of aryl methyl sites for hydroxylation is 1. The van der Waals surface area contributed by atoms with Gasteiger partial charge in [-0.3, -0.25) is 24.6 Å². The molecule has 242 valence electrons. The molecule has 3 fully saturated rings. The number of fused-ring (bicyclic) bond motifs is 5. The van der Waals surface area contributed by atoms with Gasteiger partial charge in [0.2, 0.25) is 11.8 Å². The van der Waals surface area contributed by atoms with Crippen LogP contribution in [-0.2, 0) is 31.0 Å². The molecule has 1 saturated carbocycles. The molecule has 6 amide bonds. The van der Waals surface area contributed by atoms with E-state index in [4.69, 9.17) is 10.5 Å². The molecule has 3 aromatic carbocycles. The fraction of sp³-hybridized carbons (Fsp3) is 0.270. The molecular formula is C37H32N4O7. The minimum absolute atomic E-state index is 0.0534. The standard InChI is InChI=1S/C37H32N4O7/c1-19-7-9-23(10-8-19)39-41-33(44)28-17-27-25(12-13-26-30(27)34(45)40(32(26)43)36(38)47)31(37(28,35(41)46)22-5-3-2-4-6-22)21-15-20-16-24(42)11-14-29(20)48-18-21/h2-12,14,16,18,26-28,30-31,39,42H,13,15,17H2,1H3,(H2,38,47). The minimum atomic E-state index is -1.45. The number of likely N-dealkylation sites (tertiary alicyclic amines) is 1. The number of nitrogens with two attached hydrogens (primary N) is 1. The normalized spacial score (nSPS) is 28.9. The maximum absolute atomic E-state index is 15.2. The van der Waals surface area contributed by atoms with E-state index in [2.05, 4.69) is 5.43 Å². The van der Waals surface area contributed by atoms with Crippen molar-refractivity contribution >= 4 is 35.3 Å². The zero-order valence-corrected chi connectivity index (χ0v) is 26.0. The van der Waals surface area contributed by atoms with Gasteiger partial charge < -0.3 is 15.6 Å². The molecule has 0 bridgehead atoms. The predicted molar refractivity (Wildman–Crippen MR) is 171 cm³/mol. The van der Waals surface area contributed by atoms with Gasteiger partial charge in [-0.1, -0.05) is 59.7 Å². The highest BCUT2D eigenvalue weighted by Gasteiger charge is 2.71. The van der Waals surface area contributed by atoms with E-state index < -0.39 is 64.7 Å². The number of imide groups is 4. The molecule has 8 rings (SSSR count). The summed E-state index contributed by atoms with van der Waals surface area (Å²) in [6, 6.07) is 20.2. The average molecular weight is 645 g/mol. The highest BCUT2D eigenvalue weighted by atomic mass is 16.5. The highest BCUT2D eigenvalue weighted by molar-refractivity contribution is 6.17. The van der Waals surface area contributed by atoms with E-state index in [0.29, 0.717) is 39.5 Å². The summed E-state index contributed by atoms with van der Waals surface area (Å²) in [5, 5.41) is 11.4. The number of benzene rings is 3. The van der Waals surface area contributed by atoms with Gasteiger partial charge in [0.25, 0.3) is 11.8 Å². The van der Waals surface area contributed by atoms with Crippen molar-refractivity contribution < 1.29 is 33.8 Å². The third-order valence-electron chi connectivity index (χ3n) is 10.8. The van der Waals surface area contributed by atoms with E-state index in [1.54, 1.807) is 30.5 Å². The Bertz CT molecular complexity index is 1990. The Kier molecular flexibility index (Phi) is 6.59. The van der Waals surface area contributed by atoms with Gasteiger partial charge in [0.15, 0.2) is 0 Å². The predicted octanol–water partition coefficient (Wildman–Crippen LogP) is 4.12. The number of hydrogen-bond acceptors (Lipinski definition) is 8. The highest BCUT2D eigenvalue weighted by Crippen LogP contribution is 2.63. The minimum Gasteiger partial charge on any atom is -0.508 e. The van der Waals surface area contributed by atoms with E-state index in [1.807, 2.05) is 55.5 Å². The zero-order chi connectivity index (χ0) is 33.5. The molecule has 48 heavy (non-hydrogen) atoms. The van der Waals surface area contributed by atoms with Gasteiger partial charge >= 0.3 is 6.03 Å². The number of rotatable bonds is 4. The van der Waals surface area contributed by atoms with Crippen LogP contribution in [0.25, 0.3) is 0 Å². The fourth-order valence-electron chi connectivity index (χ4n) is 8.78. The summed E-state index contributed by atoms with van der Waals surface area (Å²) >= 11 is 0. The first-order valence-electron chi connectivity index (χ1n) is 15.9. The molecule has 0 spiro atoms. The molecule has 11 heteroatoms. The first-order valence-corrected chi connectivity index (χ1v) is 15.9. The molecule has 0 radical (unpaired) electrons. The van der Waals surface area contributed by atoms with Gasteiger partial charge in [0.1, 0.15) is 11.5 Å². The second kappa shape index (κ2) is 10.7. The number of ether oxygens (including phenoxy) is 1. The first-order chi connectivity index (χ1) is 23.1. The molecule has 5 aliphatic rings. The number of nitrogens with zero attached hydrogens (tertiary/aromatic N) is 2. The van der Waals surface area contributed by atoms with Crippen LogP contribution >= 0.6 is 0 Å². The molecule has 2 saturated heterocycles. The van der Waals surface area contributed by atoms with E-state index in [-0.39, 0.29) is 18.6 Å². The molecule has 6 atom stereocenters. The van der Waals surface area contributed by atoms with Crippen molar-refractivity contribution in [2.45, 2.75) is 31.6 Å². The Morgan fingerprint density at radius 2 is 1.71 bits per heavy atom. The number of aromatic hydroxyl groups is 1. The van der Waals surface area contributed by atoms with Crippen LogP contribution in [0.2, 0.25) is 0 Å². The number of hydrogen-bond donors (Lipinski definition) is 3. The summed E-state index contributed by atoms with van der Waals surface area (Å²) in [5.41, 5.74) is 11.4. The largest absolute Gasteiger partial charge is 0.508 e. The summed E-state index contributed by atoms with van der Waals surface area (Å²) in [5.74, 6) is -5.74. The van der Waals surface area contributed by atoms with Crippen LogP contribution in [-0.4, -0.2) is 44.7 Å². The van der Waals surface area contributed by atoms with E-state index in [9.17, 15) is 24.3 Å². The van der Waals surface area contributed by atoms with Gasteiger partial charge in [0, 0.05) is 17.9 Å². The van der Waals surface area contributed by atoms with Gasteiger partial charge in [-0.2, -0.15) is 9.91 Å². The molecule has 6 unspecified atom stereocenters. The molecule has 3 aromatic rings. The lowest BCUT2D eigenvalue weighted by Gasteiger charge is -2.51. The van der Waals surface area contributed by atoms with Crippen molar-refractivity contribution in [1.82, 2.24) is 9.91 Å². The quantitative estimate of drug-likeness (QED) is 0.283. The van der Waals surface area contributed by atoms with Crippen molar-refractivity contribution in [3.05, 3.63) is 113 Å². The van der Waals surface area contributed by atoms with Gasteiger partial charge in [-0.05, 0) is 67.2 Å². The van der Waals surface area contributed by atoms with Gasteiger partial charge in [-0.15, -0.1) is 0 Å². The number of primary amides is 1. The Hall–Kier alpha value is -5.71. The monoisotopic (exact) mass is 644 g/mol. The maximum atomic E-state index is 15.2. The van der Waals surface area contributed by atoms with E-state index in [0.717, 1.165) is 16.1 Å². The first kappa shape index (κ1) is 29.7. The number of hydrazine groups is 1. The number of allylic oxidation sites excluding steroid dienone is 3. The van der Waals surface area contributed by atoms with Crippen molar-refractivity contribution in [3.63, 3.8) is 0 Å². The van der Waals surface area contributed by atoms with Crippen molar-refractivity contribution in [2.75, 3.05) is 5.43 Å². The van der Waals surface area contributed by atoms with Crippen LogP contribution in [0.3, 0.4) is 0 Å². The van der Waals surface area contributed by atoms with Crippen LogP contribution in [0.5, 0.6) is 11.5 Å². The number of amides is 6. The van der Waals surface area contributed by atoms with Gasteiger partial charge in [0.05, 0.1) is 35.1 Å². The second-order valence-electron chi connectivity index (χ2n) is 13.2. The fourth-order valence-corrected chi connectivity index (χ4v) is 8.78. The maximum Gasteiger partial charge on any atom is 0.328 e. The molecule has 0 aromatic heterocycles. The molecule has 11 nitrogen and oxygen atoms in total. The third kappa shape index (κ3) is 4.09. The number of phenolic OH excluding ortho intramolecular Hbond substituents is 1. The Labute approximate surface area is 275 Å². The topological polar surface area (TPSA) is 159 Å². The van der Waals surface area contributed by atoms with Crippen molar-refractivity contribution in [1.29, 1.82) is 0 Å². The number of urea groups is 1. The number of phenols is 1. The molecule has 3 heterocycles. The summed E-state index contributed by atoms with van der Waals surface area (Å²) < 4.78 is 6.11. The SMILES string of the molecule is Cc1ccc(NN2C(=O)C3CC4C(=CCC5C(=O)N(C(N)=O)C(=O)C54)C(C4=COc5ccc(O)cc5C4)C3(c3ccccc3)C2=O)cc1. The Morgan fingerprint density at radius 3 is 2.44 bits per heavy atom. The third-order valence-corrected chi connectivity index (χ3v) is 10.8. The van der Waals surface area contributed by atoms with Gasteiger partial charge in [-0.25, -0.2) is 4.79 Å². The summed E-state index contributed by atoms with van der Waals surface area (Å²) in [6.07, 6.45) is 4.05. The number of carbonyl (C=O) groups excluding carboxylic acids is 5. The summed E-state index contributed by atoms with van der Waals surface area (Å²) in [7, 11) is 0. The number of nitrogens with one attached hydrogen (secondary N) is 1. The molecule has 3 aliphatic heterocycles. The molecular weight excluding hydrogens is 612 g/mol. The smallest absolute Gasteiger partial charge is 0.328 e. The lowest BCUT2D eigenvalue weighted by molar-refractivity contribution is -0.139. The second-order valence-corrected chi connectivity index (χ2v) is 13.2. The Morgan fingerprint density at radius 1 is 0.958 bits per heavy atom. The lowest BCUT2D eigenvalue weighted by atomic mass is 9.48. The summed E-state index contributed by atoms with van der Waals surface area (Å²) in [6.45, 7) is 1.94. The van der Waals surface area contributed by atoms with Crippen LogP contribution in [0.1, 0.15) is 29.5 Å². The van der Waals surface area contributed by atoms with Crippen LogP contribution in [0.15, 0.2) is 96.3 Å². The van der Waals surface area contributed by atoms with Crippen LogP contribution in [0, 0.1) is 36.5 Å². The summed E-state index contributed by atoms with van der Waals surface area (Å²) in [4.78, 5) is 69.7. The zero-order valence-electron chi connectivity index (χ0n) is 26.0. The van der Waals surface area contributed by atoms with Crippen molar-refractivity contribution in [2.24, 2.45) is 35.3 Å². The lowest BCUT2D eigenvalue weighted by Crippen LogP contribution is -2.55. The number of anilines is 1. The molecule has 4 N–H and O–H groups in total. The van der Waals surface area contributed by atoms with Crippen molar-refractivity contribution in [3.8, 4) is 11.5 Å². The Balaban J connectivity index is 1.33. The van der Waals surface area contributed by atoms with Crippen LogP contribution in [0.4, 0.5) is 10.5 Å². The van der Waals surface area contributed by atoms with Crippen LogP contribution < -0.4 is 15.9 Å². The number of carbonyl (C=O) groups is 5. The molecule has 2 aliphatic carbocycles. The van der Waals surface area contributed by atoms with E-state index >= 15 is 4.79 Å². The average Bonchev–Trinajstić information content (AvgIpc) is 3.46.